The van der Waals surface area contributed by atoms with Gasteiger partial charge in [0.2, 0.25) is 0 Å². The van der Waals surface area contributed by atoms with Gasteiger partial charge in [-0.15, -0.1) is 0 Å². The van der Waals surface area contributed by atoms with Crippen LogP contribution in [0, 0.1) is 6.92 Å². The lowest BCUT2D eigenvalue weighted by molar-refractivity contribution is -0.141. The van der Waals surface area contributed by atoms with Crippen molar-refractivity contribution < 1.29 is 14.3 Å². The smallest absolute Gasteiger partial charge is 0.308 e. The molecule has 0 saturated carbocycles. The van der Waals surface area contributed by atoms with Gasteiger partial charge in [-0.3, -0.25) is 4.79 Å². The highest BCUT2D eigenvalue weighted by Gasteiger charge is 2.03. The summed E-state index contributed by atoms with van der Waals surface area (Å²) in [7, 11) is 1.36. The van der Waals surface area contributed by atoms with Gasteiger partial charge in [-0.1, -0.05) is 12.1 Å². The number of esters is 1. The van der Waals surface area contributed by atoms with E-state index in [2.05, 4.69) is 4.74 Å². The minimum Gasteiger partial charge on any atom is -0.493 e. The Balaban J connectivity index is 2.55. The van der Waals surface area contributed by atoms with Gasteiger partial charge in [0, 0.05) is 6.54 Å². The monoisotopic (exact) mass is 223 g/mol. The summed E-state index contributed by atoms with van der Waals surface area (Å²) < 4.78 is 10.0. The second-order valence-corrected chi connectivity index (χ2v) is 3.48. The zero-order valence-electron chi connectivity index (χ0n) is 9.66. The molecule has 16 heavy (non-hydrogen) atoms. The van der Waals surface area contributed by atoms with Crippen LogP contribution in [0.4, 0.5) is 0 Å². The lowest BCUT2D eigenvalue weighted by Gasteiger charge is -2.09. The molecule has 0 unspecified atom stereocenters. The zero-order valence-corrected chi connectivity index (χ0v) is 9.66. The maximum atomic E-state index is 10.9. The number of carbonyl (C=O) groups excluding carboxylic acids is 1. The molecule has 1 aromatic rings. The second-order valence-electron chi connectivity index (χ2n) is 3.48. The fourth-order valence-electron chi connectivity index (χ4n) is 1.27. The van der Waals surface area contributed by atoms with Gasteiger partial charge in [0.1, 0.15) is 5.75 Å². The van der Waals surface area contributed by atoms with Crippen LogP contribution in [-0.2, 0) is 16.1 Å². The minimum atomic E-state index is -0.271. The first-order valence-corrected chi connectivity index (χ1v) is 5.16. The van der Waals surface area contributed by atoms with Gasteiger partial charge in [0.25, 0.3) is 0 Å². The summed E-state index contributed by atoms with van der Waals surface area (Å²) >= 11 is 0. The van der Waals surface area contributed by atoms with Gasteiger partial charge in [0.15, 0.2) is 0 Å². The van der Waals surface area contributed by atoms with Crippen molar-refractivity contribution in [2.45, 2.75) is 19.9 Å². The number of carbonyl (C=O) groups is 1. The molecule has 0 aromatic heterocycles. The molecular formula is C12H17NO3. The number of ether oxygens (including phenoxy) is 2. The molecule has 88 valence electrons. The minimum absolute atomic E-state index is 0.253. The van der Waals surface area contributed by atoms with Gasteiger partial charge < -0.3 is 15.2 Å². The predicted molar refractivity (Wildman–Crippen MR) is 61.2 cm³/mol. The van der Waals surface area contributed by atoms with Gasteiger partial charge in [0.05, 0.1) is 20.1 Å². The highest BCUT2D eigenvalue weighted by Crippen LogP contribution is 2.19. The molecule has 1 aromatic carbocycles. The summed E-state index contributed by atoms with van der Waals surface area (Å²) in [6, 6.07) is 5.81. The summed E-state index contributed by atoms with van der Waals surface area (Å²) in [6.45, 7) is 2.75. The molecular weight excluding hydrogens is 206 g/mol. The summed E-state index contributed by atoms with van der Waals surface area (Å²) in [5.74, 6) is 0.500. The second kappa shape index (κ2) is 6.12. The Morgan fingerprint density at radius 1 is 1.44 bits per heavy atom. The Kier molecular flexibility index (Phi) is 4.79. The van der Waals surface area contributed by atoms with E-state index in [-0.39, 0.29) is 12.4 Å². The summed E-state index contributed by atoms with van der Waals surface area (Å²) in [5, 5.41) is 0. The molecule has 1 rings (SSSR count). The van der Waals surface area contributed by atoms with E-state index < -0.39 is 0 Å². The molecule has 0 bridgehead atoms. The Morgan fingerprint density at radius 3 is 2.81 bits per heavy atom. The highest BCUT2D eigenvalue weighted by molar-refractivity contribution is 5.69. The van der Waals surface area contributed by atoms with Crippen LogP contribution in [-0.4, -0.2) is 19.7 Å². The molecule has 0 spiro atoms. The fourth-order valence-corrected chi connectivity index (χ4v) is 1.27. The van der Waals surface area contributed by atoms with E-state index in [9.17, 15) is 4.79 Å². The van der Waals surface area contributed by atoms with E-state index in [1.165, 1.54) is 7.11 Å². The predicted octanol–water partition coefficient (Wildman–Crippen LogP) is 1.40. The summed E-state index contributed by atoms with van der Waals surface area (Å²) in [4.78, 5) is 10.9. The van der Waals surface area contributed by atoms with E-state index in [0.29, 0.717) is 13.2 Å². The molecule has 0 amide bonds. The first kappa shape index (κ1) is 12.5. The fraction of sp³-hybridized carbons (Fsp3) is 0.417. The first-order valence-electron chi connectivity index (χ1n) is 5.16. The molecule has 0 aliphatic heterocycles. The number of methoxy groups -OCH3 is 1. The Morgan fingerprint density at radius 2 is 2.19 bits per heavy atom. The summed E-state index contributed by atoms with van der Waals surface area (Å²) in [6.07, 6.45) is 0.253. The van der Waals surface area contributed by atoms with Crippen molar-refractivity contribution >= 4 is 5.97 Å². The van der Waals surface area contributed by atoms with Gasteiger partial charge in [-0.05, 0) is 24.1 Å². The third kappa shape index (κ3) is 3.55. The molecule has 0 fully saturated rings. The maximum absolute atomic E-state index is 10.9. The standard InChI is InChI=1S/C12H17NO3/c1-9-3-4-10(8-13)7-11(9)16-6-5-12(14)15-2/h3-4,7H,5-6,8,13H2,1-2H3. The maximum Gasteiger partial charge on any atom is 0.308 e. The van der Waals surface area contributed by atoms with Gasteiger partial charge in [-0.25, -0.2) is 0 Å². The van der Waals surface area contributed by atoms with Crippen LogP contribution in [0.5, 0.6) is 5.75 Å². The van der Waals surface area contributed by atoms with Crippen molar-refractivity contribution in [2.75, 3.05) is 13.7 Å². The van der Waals surface area contributed by atoms with Crippen molar-refractivity contribution in [1.82, 2.24) is 0 Å². The molecule has 0 atom stereocenters. The number of hydrogen-bond donors (Lipinski definition) is 1. The summed E-state index contributed by atoms with van der Waals surface area (Å²) in [5.41, 5.74) is 7.58. The lowest BCUT2D eigenvalue weighted by atomic mass is 10.1. The number of aryl methyl sites for hydroxylation is 1. The third-order valence-corrected chi connectivity index (χ3v) is 2.28. The SMILES string of the molecule is COC(=O)CCOc1cc(CN)ccc1C. The topological polar surface area (TPSA) is 61.5 Å². The van der Waals surface area contributed by atoms with Crippen molar-refractivity contribution in [3.63, 3.8) is 0 Å². The van der Waals surface area contributed by atoms with Crippen molar-refractivity contribution in [3.05, 3.63) is 29.3 Å². The van der Waals surface area contributed by atoms with Crippen molar-refractivity contribution in [3.8, 4) is 5.75 Å². The number of rotatable bonds is 5. The average Bonchev–Trinajstić information content (AvgIpc) is 2.31. The zero-order chi connectivity index (χ0) is 12.0. The van der Waals surface area contributed by atoms with Crippen molar-refractivity contribution in [2.24, 2.45) is 5.73 Å². The van der Waals surface area contributed by atoms with E-state index in [0.717, 1.165) is 16.9 Å². The highest BCUT2D eigenvalue weighted by atomic mass is 16.5. The van der Waals surface area contributed by atoms with Crippen LogP contribution in [0.2, 0.25) is 0 Å². The number of hydrogen-bond acceptors (Lipinski definition) is 4. The van der Waals surface area contributed by atoms with E-state index in [4.69, 9.17) is 10.5 Å². The quantitative estimate of drug-likeness (QED) is 0.766. The van der Waals surface area contributed by atoms with E-state index in [1.54, 1.807) is 0 Å². The van der Waals surface area contributed by atoms with Crippen LogP contribution < -0.4 is 10.5 Å². The van der Waals surface area contributed by atoms with Crippen LogP contribution in [0.1, 0.15) is 17.5 Å². The van der Waals surface area contributed by atoms with Crippen molar-refractivity contribution in [1.29, 1.82) is 0 Å². The molecule has 4 nitrogen and oxygen atoms in total. The van der Waals surface area contributed by atoms with Gasteiger partial charge in [-0.2, -0.15) is 0 Å². The largest absolute Gasteiger partial charge is 0.493 e. The van der Waals surface area contributed by atoms with Crippen LogP contribution in [0.3, 0.4) is 0 Å². The van der Waals surface area contributed by atoms with E-state index >= 15 is 0 Å². The first-order chi connectivity index (χ1) is 7.67. The number of benzene rings is 1. The lowest BCUT2D eigenvalue weighted by Crippen LogP contribution is -2.08. The molecule has 4 heteroatoms. The van der Waals surface area contributed by atoms with E-state index in [1.807, 2.05) is 25.1 Å². The molecule has 2 N–H and O–H groups in total. The Bertz CT molecular complexity index is 363. The molecule has 0 saturated heterocycles. The van der Waals surface area contributed by atoms with Crippen LogP contribution >= 0.6 is 0 Å². The normalized spacial score (nSPS) is 9.94. The Hall–Kier alpha value is -1.55. The molecule has 0 radical (unpaired) electrons. The Labute approximate surface area is 95.3 Å². The molecule has 0 aliphatic rings. The molecule has 0 heterocycles. The van der Waals surface area contributed by atoms with Crippen LogP contribution in [0.25, 0.3) is 0 Å². The third-order valence-electron chi connectivity index (χ3n) is 2.28. The van der Waals surface area contributed by atoms with Gasteiger partial charge >= 0.3 is 5.97 Å². The number of nitrogens with two attached hydrogens (primary N) is 1. The molecule has 0 aliphatic carbocycles. The average molecular weight is 223 g/mol. The van der Waals surface area contributed by atoms with Crippen LogP contribution in [0.15, 0.2) is 18.2 Å².